The van der Waals surface area contributed by atoms with Crippen molar-refractivity contribution < 1.29 is 39.0 Å². The lowest BCUT2D eigenvalue weighted by molar-refractivity contribution is 0.0979. The zero-order valence-electron chi connectivity index (χ0n) is 36.3. The van der Waals surface area contributed by atoms with Crippen molar-refractivity contribution in [3.8, 4) is 0 Å². The molecule has 11 rings (SSSR count). The molecule has 3 aliphatic rings. The predicted octanol–water partition coefficient (Wildman–Crippen LogP) is 11.1. The Bertz CT molecular complexity index is 3710. The van der Waals surface area contributed by atoms with Gasteiger partial charge in [-0.1, -0.05) is 109 Å². The topological polar surface area (TPSA) is 192 Å². The van der Waals surface area contributed by atoms with E-state index in [0.717, 1.165) is 0 Å². The molecule has 0 heterocycles. The molecule has 0 bridgehead atoms. The molecule has 12 heteroatoms. The first-order chi connectivity index (χ1) is 33.5. The minimum absolute atomic E-state index is 0.0358. The van der Waals surface area contributed by atoms with E-state index in [0.29, 0.717) is 16.7 Å². The van der Waals surface area contributed by atoms with Gasteiger partial charge >= 0.3 is 0 Å². The standard InChI is InChI=1S/C57H34N4O8/c1-29-28-42(58-38-24-26-40(60-56(68)30-14-4-2-5-15-30)45-43(38)50(62)32-18-8-10-20-34(32)52(45)64)47-48(55(67)37-23-13-12-22-36(37)54(47)66)49(29)59-39-25-27-41(61-57(69)31-16-6-3-7-17-31)46-44(39)51(63)33-19-9-11-21-35(33)53(46)65/h2-28,58-59H,1H3,(H,60,68)(H,61,69). The maximum absolute atomic E-state index is 14.9. The highest BCUT2D eigenvalue weighted by Crippen LogP contribution is 2.46. The second kappa shape index (κ2) is 16.3. The number of nitrogens with one attached hydrogen (secondary N) is 2. The SMILES string of the molecule is Cc1cc(Nc2ccc(N=C(O)c3ccccc3)c3c2C(=O)c2ccccc2C3=O)c2c(c1Nc1ccc(N=C(O)c3ccccc3)c3c1C(=O)c1ccccc1C3=O)C(=O)c1ccccc1C2=O. The quantitative estimate of drug-likeness (QED) is 0.0843. The highest BCUT2D eigenvalue weighted by molar-refractivity contribution is 6.35. The number of carbonyl (C=O) groups excluding carboxylic acids is 6. The molecule has 0 aromatic heterocycles. The third-order valence-electron chi connectivity index (χ3n) is 12.5. The Morgan fingerprint density at radius 2 is 0.681 bits per heavy atom. The molecule has 3 aliphatic carbocycles. The van der Waals surface area contributed by atoms with E-state index in [4.69, 9.17) is 0 Å². The first kappa shape index (κ1) is 42.0. The molecule has 0 radical (unpaired) electrons. The van der Waals surface area contributed by atoms with Gasteiger partial charge in [0.05, 0.1) is 67.5 Å². The van der Waals surface area contributed by atoms with Crippen molar-refractivity contribution in [1.82, 2.24) is 0 Å². The van der Waals surface area contributed by atoms with Crippen LogP contribution in [0.4, 0.5) is 34.1 Å². The zero-order chi connectivity index (χ0) is 47.7. The number of hydrogen-bond acceptors (Lipinski definition) is 10. The van der Waals surface area contributed by atoms with Crippen molar-refractivity contribution in [3.05, 3.63) is 247 Å². The summed E-state index contributed by atoms with van der Waals surface area (Å²) < 4.78 is 0. The summed E-state index contributed by atoms with van der Waals surface area (Å²) >= 11 is 0. The molecule has 0 spiro atoms. The molecule has 0 atom stereocenters. The van der Waals surface area contributed by atoms with Gasteiger partial charge < -0.3 is 20.8 Å². The Hall–Kier alpha value is -9.68. The van der Waals surface area contributed by atoms with Crippen molar-refractivity contribution in [2.45, 2.75) is 6.92 Å². The van der Waals surface area contributed by atoms with E-state index in [2.05, 4.69) is 20.6 Å². The largest absolute Gasteiger partial charge is 0.493 e. The van der Waals surface area contributed by atoms with E-state index in [1.807, 2.05) is 0 Å². The fraction of sp³-hybridized carbons (Fsp3) is 0.0175. The van der Waals surface area contributed by atoms with Crippen molar-refractivity contribution >= 4 is 80.6 Å². The Morgan fingerprint density at radius 3 is 1.07 bits per heavy atom. The van der Waals surface area contributed by atoms with Gasteiger partial charge in [0.2, 0.25) is 11.8 Å². The molecule has 0 aliphatic heterocycles. The summed E-state index contributed by atoms with van der Waals surface area (Å²) in [6.45, 7) is 1.70. The lowest BCUT2D eigenvalue weighted by Gasteiger charge is -2.28. The maximum atomic E-state index is 14.9. The molecule has 69 heavy (non-hydrogen) atoms. The second-order valence-electron chi connectivity index (χ2n) is 16.6. The van der Waals surface area contributed by atoms with Gasteiger partial charge in [-0.3, -0.25) is 28.8 Å². The molecule has 4 N–H and O–H groups in total. The third kappa shape index (κ3) is 6.77. The summed E-state index contributed by atoms with van der Waals surface area (Å²) in [4.78, 5) is 96.5. The highest BCUT2D eigenvalue weighted by Gasteiger charge is 2.39. The van der Waals surface area contributed by atoms with Crippen LogP contribution in [0.2, 0.25) is 0 Å². The van der Waals surface area contributed by atoms with E-state index < -0.39 is 34.7 Å². The lowest BCUT2D eigenvalue weighted by Crippen LogP contribution is -2.26. The van der Waals surface area contributed by atoms with E-state index in [-0.39, 0.29) is 113 Å². The van der Waals surface area contributed by atoms with E-state index in [9.17, 15) is 39.0 Å². The molecule has 8 aromatic carbocycles. The normalized spacial score (nSPS) is 13.8. The average molecular weight is 903 g/mol. The molecule has 0 unspecified atom stereocenters. The summed E-state index contributed by atoms with van der Waals surface area (Å²) in [6, 6.07) is 43.9. The molecule has 8 aromatic rings. The molecular formula is C57H34N4O8. The second-order valence-corrected chi connectivity index (χ2v) is 16.6. The van der Waals surface area contributed by atoms with Crippen molar-refractivity contribution in [3.63, 3.8) is 0 Å². The van der Waals surface area contributed by atoms with Crippen LogP contribution in [0.15, 0.2) is 174 Å². The number of fused-ring (bicyclic) bond motifs is 6. The van der Waals surface area contributed by atoms with Crippen LogP contribution in [0.3, 0.4) is 0 Å². The Balaban J connectivity index is 1.09. The van der Waals surface area contributed by atoms with E-state index in [1.54, 1.807) is 146 Å². The van der Waals surface area contributed by atoms with E-state index >= 15 is 0 Å². The van der Waals surface area contributed by atoms with Crippen LogP contribution in [0.5, 0.6) is 0 Å². The van der Waals surface area contributed by atoms with Crippen molar-refractivity contribution in [1.29, 1.82) is 0 Å². The van der Waals surface area contributed by atoms with Crippen molar-refractivity contribution in [2.24, 2.45) is 9.98 Å². The maximum Gasteiger partial charge on any atom is 0.218 e. The van der Waals surface area contributed by atoms with Gasteiger partial charge in [-0.25, -0.2) is 9.98 Å². The Kier molecular flexibility index (Phi) is 9.94. The number of benzene rings is 8. The molecule has 0 saturated carbocycles. The monoisotopic (exact) mass is 902 g/mol. The van der Waals surface area contributed by atoms with Crippen LogP contribution >= 0.6 is 0 Å². The number of ketones is 6. The molecule has 330 valence electrons. The Morgan fingerprint density at radius 1 is 0.362 bits per heavy atom. The summed E-state index contributed by atoms with van der Waals surface area (Å²) in [6.07, 6.45) is 0. The zero-order valence-corrected chi connectivity index (χ0v) is 36.3. The highest BCUT2D eigenvalue weighted by atomic mass is 16.3. The smallest absolute Gasteiger partial charge is 0.218 e. The van der Waals surface area contributed by atoms with Gasteiger partial charge in [0.15, 0.2) is 34.7 Å². The van der Waals surface area contributed by atoms with Gasteiger partial charge in [0.25, 0.3) is 0 Å². The number of aliphatic imine (C=N–C) groups is 2. The van der Waals surface area contributed by atoms with Gasteiger partial charge in [-0.2, -0.15) is 0 Å². The number of nitrogens with zero attached hydrogens (tertiary/aromatic N) is 2. The predicted molar refractivity (Wildman–Crippen MR) is 261 cm³/mol. The number of aliphatic hydroxyl groups excluding tert-OH is 2. The van der Waals surface area contributed by atoms with Crippen LogP contribution < -0.4 is 10.6 Å². The number of hydrogen-bond donors (Lipinski definition) is 4. The summed E-state index contributed by atoms with van der Waals surface area (Å²) in [5.41, 5.74) is 2.33. The van der Waals surface area contributed by atoms with Crippen LogP contribution in [0.1, 0.15) is 112 Å². The Labute approximate surface area is 393 Å². The third-order valence-corrected chi connectivity index (χ3v) is 12.5. The lowest BCUT2D eigenvalue weighted by atomic mass is 9.80. The van der Waals surface area contributed by atoms with E-state index in [1.165, 1.54) is 24.3 Å². The van der Waals surface area contributed by atoms with Gasteiger partial charge in [0, 0.05) is 44.5 Å². The number of carbonyl (C=O) groups is 6. The van der Waals surface area contributed by atoms with Crippen LogP contribution in [-0.4, -0.2) is 56.7 Å². The summed E-state index contributed by atoms with van der Waals surface area (Å²) in [5, 5.41) is 28.7. The minimum Gasteiger partial charge on any atom is -0.493 e. The molecule has 0 saturated heterocycles. The fourth-order valence-corrected chi connectivity index (χ4v) is 9.31. The molecular weight excluding hydrogens is 869 g/mol. The first-order valence-electron chi connectivity index (χ1n) is 21.8. The molecule has 0 amide bonds. The number of aliphatic hydroxyl groups is 2. The van der Waals surface area contributed by atoms with Gasteiger partial charge in [0.1, 0.15) is 0 Å². The minimum atomic E-state index is -0.523. The molecule has 0 fully saturated rings. The first-order valence-corrected chi connectivity index (χ1v) is 21.8. The number of anilines is 4. The average Bonchev–Trinajstić information content (AvgIpc) is 3.38. The summed E-state index contributed by atoms with van der Waals surface area (Å²) in [7, 11) is 0. The van der Waals surface area contributed by atoms with Gasteiger partial charge in [-0.15, -0.1) is 0 Å². The van der Waals surface area contributed by atoms with Crippen molar-refractivity contribution in [2.75, 3.05) is 10.6 Å². The summed E-state index contributed by atoms with van der Waals surface area (Å²) in [5.74, 6) is -3.83. The molecule has 12 nitrogen and oxygen atoms in total. The van der Waals surface area contributed by atoms with Crippen LogP contribution in [0.25, 0.3) is 0 Å². The van der Waals surface area contributed by atoms with Crippen LogP contribution in [0, 0.1) is 6.92 Å². The number of rotatable bonds is 8. The van der Waals surface area contributed by atoms with Gasteiger partial charge in [-0.05, 0) is 67.1 Å². The fourth-order valence-electron chi connectivity index (χ4n) is 9.31. The van der Waals surface area contributed by atoms with Crippen LogP contribution in [-0.2, 0) is 0 Å². The number of aryl methyl sites for hydroxylation is 1.